The highest BCUT2D eigenvalue weighted by Crippen LogP contribution is 2.31. The Bertz CT molecular complexity index is 529. The van der Waals surface area contributed by atoms with Crippen molar-refractivity contribution in [3.8, 4) is 0 Å². The topological polar surface area (TPSA) is 37.4 Å². The summed E-state index contributed by atoms with van der Waals surface area (Å²) in [5.41, 5.74) is 0. The molecule has 0 heterocycles. The van der Waals surface area contributed by atoms with Gasteiger partial charge in [-0.15, -0.1) is 0 Å². The van der Waals surface area contributed by atoms with E-state index in [0.717, 1.165) is 25.7 Å². The van der Waals surface area contributed by atoms with Gasteiger partial charge in [0, 0.05) is 17.9 Å². The summed E-state index contributed by atoms with van der Waals surface area (Å²) in [6, 6.07) is 6.76. The van der Waals surface area contributed by atoms with Crippen LogP contribution >= 0.6 is 27.5 Å². The average molecular weight is 367 g/mol. The van der Waals surface area contributed by atoms with Gasteiger partial charge in [-0.3, -0.25) is 0 Å². The molecule has 1 fully saturated rings. The third kappa shape index (κ3) is 3.32. The van der Waals surface area contributed by atoms with Crippen LogP contribution in [0.5, 0.6) is 0 Å². The van der Waals surface area contributed by atoms with Gasteiger partial charge in [0.2, 0.25) is 10.0 Å². The molecule has 0 radical (unpaired) electrons. The molecule has 1 aliphatic rings. The van der Waals surface area contributed by atoms with Crippen LogP contribution in [0.1, 0.15) is 25.7 Å². The monoisotopic (exact) mass is 365 g/mol. The summed E-state index contributed by atoms with van der Waals surface area (Å²) in [6.07, 6.45) is 4.08. The maximum absolute atomic E-state index is 12.8. The Labute approximate surface area is 128 Å². The first kappa shape index (κ1) is 15.3. The second-order valence-corrected chi connectivity index (χ2v) is 7.73. The molecule has 1 aliphatic carbocycles. The van der Waals surface area contributed by atoms with Crippen molar-refractivity contribution in [3.63, 3.8) is 0 Å². The van der Waals surface area contributed by atoms with Gasteiger partial charge in [0.15, 0.2) is 0 Å². The smallest absolute Gasteiger partial charge is 0.207 e. The van der Waals surface area contributed by atoms with Gasteiger partial charge >= 0.3 is 0 Å². The van der Waals surface area contributed by atoms with E-state index in [0.29, 0.717) is 16.9 Å². The quantitative estimate of drug-likeness (QED) is 0.746. The van der Waals surface area contributed by atoms with Crippen LogP contribution < -0.4 is 0 Å². The lowest BCUT2D eigenvalue weighted by Crippen LogP contribution is -2.40. The molecule has 0 unspecified atom stereocenters. The van der Waals surface area contributed by atoms with Gasteiger partial charge in [-0.1, -0.05) is 52.5 Å². The van der Waals surface area contributed by atoms with Crippen molar-refractivity contribution >= 4 is 37.6 Å². The molecule has 2 rings (SSSR count). The van der Waals surface area contributed by atoms with Crippen molar-refractivity contribution in [3.05, 3.63) is 29.3 Å². The van der Waals surface area contributed by atoms with Crippen LogP contribution in [0, 0.1) is 0 Å². The molecule has 0 atom stereocenters. The third-order valence-electron chi connectivity index (χ3n) is 3.46. The summed E-state index contributed by atoms with van der Waals surface area (Å²) in [5, 5.41) is 0.924. The van der Waals surface area contributed by atoms with Crippen molar-refractivity contribution < 1.29 is 8.42 Å². The van der Waals surface area contributed by atoms with Crippen LogP contribution in [0.4, 0.5) is 0 Å². The molecule has 1 aromatic carbocycles. The molecule has 0 bridgehead atoms. The predicted molar refractivity (Wildman–Crippen MR) is 81.4 cm³/mol. The molecular weight excluding hydrogens is 350 g/mol. The zero-order valence-corrected chi connectivity index (χ0v) is 13.7. The first-order chi connectivity index (χ1) is 9.07. The fourth-order valence-corrected chi connectivity index (χ4v) is 5.35. The van der Waals surface area contributed by atoms with E-state index in [9.17, 15) is 8.42 Å². The van der Waals surface area contributed by atoms with E-state index < -0.39 is 10.0 Å². The van der Waals surface area contributed by atoms with Crippen LogP contribution in [-0.4, -0.2) is 30.6 Å². The second-order valence-electron chi connectivity index (χ2n) is 4.67. The van der Waals surface area contributed by atoms with Crippen LogP contribution in [0.3, 0.4) is 0 Å². The van der Waals surface area contributed by atoms with Crippen molar-refractivity contribution in [1.29, 1.82) is 0 Å². The maximum Gasteiger partial charge on any atom is 0.244 e. The molecule has 19 heavy (non-hydrogen) atoms. The summed E-state index contributed by atoms with van der Waals surface area (Å²) in [7, 11) is -3.51. The Kier molecular flexibility index (Phi) is 5.29. The summed E-state index contributed by atoms with van der Waals surface area (Å²) >= 11 is 9.38. The molecule has 1 aromatic rings. The maximum atomic E-state index is 12.8. The van der Waals surface area contributed by atoms with Gasteiger partial charge in [-0.2, -0.15) is 4.31 Å². The standard InChI is InChI=1S/C13H17BrClNO2S/c14-9-10-16(11-5-1-2-6-11)19(17,18)13-8-4-3-7-12(13)15/h3-4,7-8,11H,1-2,5-6,9-10H2. The van der Waals surface area contributed by atoms with E-state index in [1.54, 1.807) is 28.6 Å². The van der Waals surface area contributed by atoms with Crippen molar-refractivity contribution in [2.45, 2.75) is 36.6 Å². The first-order valence-corrected chi connectivity index (χ1v) is 9.33. The molecule has 0 spiro atoms. The minimum absolute atomic E-state index is 0.110. The third-order valence-corrected chi connectivity index (χ3v) is 6.27. The fourth-order valence-electron chi connectivity index (χ4n) is 2.55. The lowest BCUT2D eigenvalue weighted by Gasteiger charge is -2.27. The molecule has 0 amide bonds. The van der Waals surface area contributed by atoms with Gasteiger partial charge in [0.25, 0.3) is 0 Å². The fraction of sp³-hybridized carbons (Fsp3) is 0.538. The van der Waals surface area contributed by atoms with Crippen LogP contribution in [0.2, 0.25) is 5.02 Å². The number of hydrogen-bond acceptors (Lipinski definition) is 2. The van der Waals surface area contributed by atoms with Crippen LogP contribution in [-0.2, 0) is 10.0 Å². The molecule has 1 saturated carbocycles. The van der Waals surface area contributed by atoms with Crippen molar-refractivity contribution in [2.75, 3.05) is 11.9 Å². The van der Waals surface area contributed by atoms with E-state index in [2.05, 4.69) is 15.9 Å². The second kappa shape index (κ2) is 6.57. The highest BCUT2D eigenvalue weighted by molar-refractivity contribution is 9.09. The Morgan fingerprint density at radius 3 is 2.47 bits per heavy atom. The number of alkyl halides is 1. The predicted octanol–water partition coefficient (Wildman–Crippen LogP) is 3.67. The van der Waals surface area contributed by atoms with Gasteiger partial charge < -0.3 is 0 Å². The first-order valence-electron chi connectivity index (χ1n) is 6.39. The number of rotatable bonds is 5. The Morgan fingerprint density at radius 2 is 1.89 bits per heavy atom. The Morgan fingerprint density at radius 1 is 1.26 bits per heavy atom. The van der Waals surface area contributed by atoms with Gasteiger partial charge in [0.1, 0.15) is 4.90 Å². The number of hydrogen-bond donors (Lipinski definition) is 0. The molecule has 0 aromatic heterocycles. The molecule has 106 valence electrons. The number of sulfonamides is 1. The molecule has 0 aliphatic heterocycles. The molecule has 0 saturated heterocycles. The summed E-state index contributed by atoms with van der Waals surface area (Å²) < 4.78 is 27.1. The van der Waals surface area contributed by atoms with E-state index in [4.69, 9.17) is 11.6 Å². The van der Waals surface area contributed by atoms with Crippen LogP contribution in [0.15, 0.2) is 29.2 Å². The lowest BCUT2D eigenvalue weighted by molar-refractivity contribution is 0.338. The Balaban J connectivity index is 2.36. The van der Waals surface area contributed by atoms with Crippen molar-refractivity contribution in [1.82, 2.24) is 4.31 Å². The van der Waals surface area contributed by atoms with E-state index in [-0.39, 0.29) is 10.9 Å². The zero-order valence-electron chi connectivity index (χ0n) is 10.6. The molecule has 3 nitrogen and oxygen atoms in total. The molecular formula is C13H17BrClNO2S. The van der Waals surface area contributed by atoms with E-state index in [1.165, 1.54) is 0 Å². The molecule has 0 N–H and O–H groups in total. The van der Waals surface area contributed by atoms with Gasteiger partial charge in [-0.05, 0) is 25.0 Å². The van der Waals surface area contributed by atoms with E-state index in [1.807, 2.05) is 0 Å². The summed E-state index contributed by atoms with van der Waals surface area (Å²) in [5.74, 6) is 0. The average Bonchev–Trinajstić information content (AvgIpc) is 2.89. The van der Waals surface area contributed by atoms with Crippen molar-refractivity contribution in [2.24, 2.45) is 0 Å². The lowest BCUT2D eigenvalue weighted by atomic mass is 10.2. The largest absolute Gasteiger partial charge is 0.244 e. The Hall–Kier alpha value is -0.100. The normalized spacial score (nSPS) is 17.2. The minimum Gasteiger partial charge on any atom is -0.207 e. The van der Waals surface area contributed by atoms with Crippen LogP contribution in [0.25, 0.3) is 0 Å². The van der Waals surface area contributed by atoms with Gasteiger partial charge in [-0.25, -0.2) is 8.42 Å². The highest BCUT2D eigenvalue weighted by atomic mass is 79.9. The van der Waals surface area contributed by atoms with E-state index >= 15 is 0 Å². The minimum atomic E-state index is -3.51. The SMILES string of the molecule is O=S(=O)(c1ccccc1Cl)N(CCBr)C1CCCC1. The number of halogens is 2. The highest BCUT2D eigenvalue weighted by Gasteiger charge is 2.33. The van der Waals surface area contributed by atoms with Gasteiger partial charge in [0.05, 0.1) is 5.02 Å². The number of benzene rings is 1. The summed E-state index contributed by atoms with van der Waals surface area (Å²) in [4.78, 5) is 0.213. The number of nitrogens with zero attached hydrogens (tertiary/aromatic N) is 1. The summed E-state index contributed by atoms with van der Waals surface area (Å²) in [6.45, 7) is 0.484. The molecule has 6 heteroatoms. The zero-order chi connectivity index (χ0) is 13.9.